The molecule has 0 unspecified atom stereocenters. The van der Waals surface area contributed by atoms with Crippen LogP contribution in [0.5, 0.6) is 5.75 Å². The van der Waals surface area contributed by atoms with Crippen molar-refractivity contribution in [2.24, 2.45) is 5.92 Å². The van der Waals surface area contributed by atoms with Gasteiger partial charge in [0.25, 0.3) is 5.91 Å². The van der Waals surface area contributed by atoms with Crippen molar-refractivity contribution in [3.63, 3.8) is 0 Å². The second kappa shape index (κ2) is 21.5. The zero-order valence-electron chi connectivity index (χ0n) is 35.1. The first-order valence-corrected chi connectivity index (χ1v) is 21.3. The number of nitrogens with one attached hydrogen (secondary N) is 5. The molecule has 2 aliphatic heterocycles. The van der Waals surface area contributed by atoms with E-state index < -0.39 is 66.0 Å². The Bertz CT molecular complexity index is 2560. The van der Waals surface area contributed by atoms with Gasteiger partial charge in [-0.15, -0.1) is 0 Å². The maximum Gasteiger partial charge on any atom is 0.303 e. The minimum absolute atomic E-state index is 0.0367. The number of aromatic nitrogens is 2. The number of carboxylic acids is 1. The molecule has 2 aliphatic rings. The summed E-state index contributed by atoms with van der Waals surface area (Å²) in [5, 5.41) is 21.5. The number of carboxylic acid groups (broad SMARTS) is 1. The van der Waals surface area contributed by atoms with E-state index in [9.17, 15) is 28.8 Å². The summed E-state index contributed by atoms with van der Waals surface area (Å²) < 4.78 is 5.80. The third-order valence-electron chi connectivity index (χ3n) is 11.2. The van der Waals surface area contributed by atoms with Crippen LogP contribution < -0.4 is 26.0 Å². The zero-order chi connectivity index (χ0) is 44.8. The Morgan fingerprint density at radius 3 is 2.05 bits per heavy atom. The van der Waals surface area contributed by atoms with E-state index in [1.807, 2.05) is 78.9 Å². The van der Waals surface area contributed by atoms with E-state index in [1.165, 1.54) is 0 Å². The molecule has 4 heterocycles. The van der Waals surface area contributed by atoms with Crippen molar-refractivity contribution in [2.75, 3.05) is 13.2 Å². The van der Waals surface area contributed by atoms with Crippen molar-refractivity contribution in [2.45, 2.75) is 63.1 Å². The zero-order valence-corrected chi connectivity index (χ0v) is 35.1. The molecule has 6 N–H and O–H groups in total. The van der Waals surface area contributed by atoms with Gasteiger partial charge in [-0.2, -0.15) is 0 Å². The van der Waals surface area contributed by atoms with Crippen LogP contribution in [0.4, 0.5) is 0 Å². The number of benzene rings is 4. The van der Waals surface area contributed by atoms with Crippen molar-refractivity contribution >= 4 is 46.3 Å². The number of pyridine rings is 1. The molecule has 64 heavy (non-hydrogen) atoms. The molecule has 2 bridgehead atoms. The van der Waals surface area contributed by atoms with E-state index in [1.54, 1.807) is 55.0 Å². The number of carbonyl (C=O) groups excluding carboxylic acids is 5. The lowest BCUT2D eigenvalue weighted by molar-refractivity contribution is -0.137. The number of amides is 4. The summed E-state index contributed by atoms with van der Waals surface area (Å²) in [5.41, 5.74) is 5.71. The van der Waals surface area contributed by atoms with Crippen LogP contribution in [0.25, 0.3) is 22.0 Å². The fourth-order valence-corrected chi connectivity index (χ4v) is 7.81. The van der Waals surface area contributed by atoms with Gasteiger partial charge in [0.15, 0.2) is 12.4 Å². The third kappa shape index (κ3) is 12.3. The molecule has 14 nitrogen and oxygen atoms in total. The van der Waals surface area contributed by atoms with Gasteiger partial charge < -0.3 is 36.1 Å². The van der Waals surface area contributed by atoms with Gasteiger partial charge in [-0.25, -0.2) is 0 Å². The summed E-state index contributed by atoms with van der Waals surface area (Å²) in [6.07, 6.45) is 5.08. The number of aromatic amines is 1. The highest BCUT2D eigenvalue weighted by Gasteiger charge is 2.33. The number of H-pyrrole nitrogens is 1. The van der Waals surface area contributed by atoms with Gasteiger partial charge in [-0.3, -0.25) is 33.8 Å². The second-order valence-electron chi connectivity index (χ2n) is 15.9. The van der Waals surface area contributed by atoms with Crippen molar-refractivity contribution in [1.82, 2.24) is 31.2 Å². The molecular weight excluding hydrogens is 813 g/mol. The number of fused-ring (bicyclic) bond motifs is 17. The van der Waals surface area contributed by atoms with Gasteiger partial charge in [0.1, 0.15) is 17.8 Å². The standard InChI is InChI=1S/C50H50N6O8/c57-45-29-37(48(61)52-22-6-11-47(59)60)25-32-14-18-39(19-15-32)64-31-46(58)54-43(27-34-20-23-51-24-21-34)49(62)56-44(26-33-12-16-36(17-13-33)35-7-2-1-3-8-35)50(63)55-42(45)28-38-30-53-41-10-5-4-9-40(38)41/h1-5,7-10,12-21,23-24,30,37,42-44,53H,6,11,22,25-29,31H2,(H,52,61)(H,54,58)(H,55,63)(H,56,62)(H,59,60)/t37-,42-,43-,44+/m0/s1. The maximum absolute atomic E-state index is 14.8. The molecule has 0 radical (unpaired) electrons. The molecule has 0 saturated carbocycles. The van der Waals surface area contributed by atoms with Crippen molar-refractivity contribution in [3.05, 3.63) is 156 Å². The number of Topliss-reactive ketones (excluding diaryl/α,β-unsaturated/α-hetero) is 1. The van der Waals surface area contributed by atoms with Gasteiger partial charge >= 0.3 is 5.97 Å². The Labute approximate surface area is 370 Å². The number of carbonyl (C=O) groups is 6. The molecule has 0 spiro atoms. The Morgan fingerprint density at radius 1 is 0.688 bits per heavy atom. The fourth-order valence-electron chi connectivity index (χ4n) is 7.81. The lowest BCUT2D eigenvalue weighted by Gasteiger charge is -2.26. The quantitative estimate of drug-likeness (QED) is 0.0730. The first-order valence-electron chi connectivity index (χ1n) is 21.3. The molecule has 8 rings (SSSR count). The molecular formula is C50H50N6O8. The number of rotatable bonds is 12. The SMILES string of the molecule is O=C(O)CCCNC(=O)[C@@H]1CC(=O)[C@H](Cc2c[nH]c3ccccc23)NC(=O)[C@@H](Cc2ccc(-c3ccccc3)cc2)NC(=O)[C@H](Cc2ccncc2)NC(=O)COc2ccc(cc2)C1. The molecule has 4 aromatic carbocycles. The Morgan fingerprint density at radius 2 is 1.33 bits per heavy atom. The first-order chi connectivity index (χ1) is 31.1. The summed E-state index contributed by atoms with van der Waals surface area (Å²) >= 11 is 0. The second-order valence-corrected chi connectivity index (χ2v) is 15.9. The van der Waals surface area contributed by atoms with Gasteiger partial charge in [0, 0.05) is 74.1 Å². The van der Waals surface area contributed by atoms with Crippen LogP contribution in [0, 0.1) is 5.92 Å². The fraction of sp³-hybridized carbons (Fsp3) is 0.260. The largest absolute Gasteiger partial charge is 0.484 e. The summed E-state index contributed by atoms with van der Waals surface area (Å²) in [6.45, 7) is -0.321. The number of ketones is 1. The van der Waals surface area contributed by atoms with Crippen LogP contribution in [0.1, 0.15) is 41.5 Å². The average Bonchev–Trinajstić information content (AvgIpc) is 3.72. The molecule has 2 aromatic heterocycles. The highest BCUT2D eigenvalue weighted by molar-refractivity contribution is 5.97. The van der Waals surface area contributed by atoms with E-state index in [0.717, 1.165) is 33.2 Å². The van der Waals surface area contributed by atoms with Crippen LogP contribution in [0.3, 0.4) is 0 Å². The molecule has 4 atom stereocenters. The van der Waals surface area contributed by atoms with Crippen LogP contribution >= 0.6 is 0 Å². The van der Waals surface area contributed by atoms with Gasteiger partial charge in [0.05, 0.1) is 6.04 Å². The maximum atomic E-state index is 14.8. The number of aliphatic carboxylic acids is 1. The average molecular weight is 863 g/mol. The monoisotopic (exact) mass is 862 g/mol. The summed E-state index contributed by atoms with van der Waals surface area (Å²) in [6, 6.07) is 31.8. The van der Waals surface area contributed by atoms with Crippen molar-refractivity contribution in [3.8, 4) is 16.9 Å². The van der Waals surface area contributed by atoms with E-state index in [-0.39, 0.29) is 51.5 Å². The predicted molar refractivity (Wildman–Crippen MR) is 240 cm³/mol. The minimum Gasteiger partial charge on any atom is -0.484 e. The third-order valence-corrected chi connectivity index (χ3v) is 11.2. The predicted octanol–water partition coefficient (Wildman–Crippen LogP) is 4.90. The summed E-state index contributed by atoms with van der Waals surface area (Å²) in [7, 11) is 0. The molecule has 6 aromatic rings. The van der Waals surface area contributed by atoms with Crippen molar-refractivity contribution < 1.29 is 38.6 Å². The summed E-state index contributed by atoms with van der Waals surface area (Å²) in [4.78, 5) is 89.6. The van der Waals surface area contributed by atoms with Gasteiger partial charge in [-0.05, 0) is 76.6 Å². The Kier molecular flexibility index (Phi) is 14.9. The molecule has 328 valence electrons. The number of nitrogens with zero attached hydrogens (tertiary/aromatic N) is 1. The van der Waals surface area contributed by atoms with Crippen LogP contribution in [-0.2, 0) is 54.5 Å². The Balaban J connectivity index is 1.24. The van der Waals surface area contributed by atoms with E-state index >= 15 is 0 Å². The van der Waals surface area contributed by atoms with Crippen molar-refractivity contribution in [1.29, 1.82) is 0 Å². The van der Waals surface area contributed by atoms with Crippen LogP contribution in [-0.4, -0.2) is 81.7 Å². The van der Waals surface area contributed by atoms with E-state index in [4.69, 9.17) is 9.84 Å². The first kappa shape index (κ1) is 44.4. The van der Waals surface area contributed by atoms with Crippen LogP contribution in [0.15, 0.2) is 134 Å². The molecule has 4 amide bonds. The number of ether oxygens (including phenoxy) is 1. The molecule has 0 saturated heterocycles. The lowest BCUT2D eigenvalue weighted by Crippen LogP contribution is -2.57. The van der Waals surface area contributed by atoms with Gasteiger partial charge in [-0.1, -0.05) is 84.9 Å². The lowest BCUT2D eigenvalue weighted by atomic mass is 9.89. The minimum atomic E-state index is -1.22. The molecule has 0 fully saturated rings. The van der Waals surface area contributed by atoms with Crippen LogP contribution in [0.2, 0.25) is 0 Å². The number of hydrogen-bond donors (Lipinski definition) is 6. The molecule has 14 heteroatoms. The Hall–Kier alpha value is -7.61. The highest BCUT2D eigenvalue weighted by Crippen LogP contribution is 2.24. The highest BCUT2D eigenvalue weighted by atomic mass is 16.5. The number of para-hydroxylation sites is 1. The summed E-state index contributed by atoms with van der Waals surface area (Å²) in [5.74, 6) is -4.22. The topological polar surface area (TPSA) is 209 Å². The number of hydrogen-bond acceptors (Lipinski definition) is 8. The molecule has 0 aliphatic carbocycles. The smallest absolute Gasteiger partial charge is 0.303 e. The van der Waals surface area contributed by atoms with E-state index in [2.05, 4.69) is 31.2 Å². The van der Waals surface area contributed by atoms with Gasteiger partial charge in [0.2, 0.25) is 17.7 Å². The normalized spacial score (nSPS) is 18.7. The van der Waals surface area contributed by atoms with E-state index in [0.29, 0.717) is 16.9 Å².